The SMILES string of the molecule is COC1CCN(Cc2ccc(C#N)cc2)C(CN)C1.Cl. The molecule has 1 fully saturated rings. The monoisotopic (exact) mass is 295 g/mol. The maximum absolute atomic E-state index is 8.80. The molecule has 0 aliphatic carbocycles. The van der Waals surface area contributed by atoms with E-state index in [9.17, 15) is 0 Å². The number of halogens is 1. The van der Waals surface area contributed by atoms with Gasteiger partial charge in [0.1, 0.15) is 0 Å². The molecule has 2 atom stereocenters. The van der Waals surface area contributed by atoms with Gasteiger partial charge in [-0.05, 0) is 30.5 Å². The van der Waals surface area contributed by atoms with Gasteiger partial charge >= 0.3 is 0 Å². The topological polar surface area (TPSA) is 62.3 Å². The van der Waals surface area contributed by atoms with Crippen LogP contribution in [-0.4, -0.2) is 37.2 Å². The smallest absolute Gasteiger partial charge is 0.0991 e. The minimum absolute atomic E-state index is 0. The van der Waals surface area contributed by atoms with Crippen molar-refractivity contribution < 1.29 is 4.74 Å². The van der Waals surface area contributed by atoms with Crippen molar-refractivity contribution in [2.75, 3.05) is 20.2 Å². The predicted octanol–water partition coefficient (Wildman–Crippen LogP) is 1.92. The molecule has 5 heteroatoms. The predicted molar refractivity (Wildman–Crippen MR) is 81.7 cm³/mol. The first-order valence-corrected chi connectivity index (χ1v) is 6.72. The number of hydrogen-bond acceptors (Lipinski definition) is 4. The Morgan fingerprint density at radius 3 is 2.65 bits per heavy atom. The Morgan fingerprint density at radius 1 is 1.40 bits per heavy atom. The van der Waals surface area contributed by atoms with E-state index in [1.807, 2.05) is 24.3 Å². The molecule has 0 saturated carbocycles. The number of nitrogens with two attached hydrogens (primary N) is 1. The average molecular weight is 296 g/mol. The standard InChI is InChI=1S/C15H21N3O.ClH/c1-19-15-6-7-18(14(8-15)10-17)11-13-4-2-12(9-16)3-5-13;/h2-5,14-15H,6-8,10-11,17H2,1H3;1H. The Balaban J connectivity index is 0.00000200. The zero-order valence-corrected chi connectivity index (χ0v) is 12.6. The Kier molecular flexibility index (Phi) is 6.97. The van der Waals surface area contributed by atoms with Crippen LogP contribution in [0.2, 0.25) is 0 Å². The molecule has 0 radical (unpaired) electrons. The number of benzene rings is 1. The number of rotatable bonds is 4. The molecule has 1 aliphatic rings. The lowest BCUT2D eigenvalue weighted by molar-refractivity contribution is 0.0102. The number of nitrogens with zero attached hydrogens (tertiary/aromatic N) is 2. The molecule has 1 heterocycles. The summed E-state index contributed by atoms with van der Waals surface area (Å²) in [5, 5.41) is 8.80. The van der Waals surface area contributed by atoms with Crippen LogP contribution < -0.4 is 5.73 Å². The molecule has 1 saturated heterocycles. The van der Waals surface area contributed by atoms with Crippen LogP contribution in [0.4, 0.5) is 0 Å². The first kappa shape index (κ1) is 16.9. The molecule has 4 nitrogen and oxygen atoms in total. The Hall–Kier alpha value is -1.12. The fourth-order valence-corrected chi connectivity index (χ4v) is 2.65. The molecule has 2 N–H and O–H groups in total. The van der Waals surface area contributed by atoms with Gasteiger partial charge < -0.3 is 10.5 Å². The number of hydrogen-bond donors (Lipinski definition) is 1. The summed E-state index contributed by atoms with van der Waals surface area (Å²) < 4.78 is 5.43. The van der Waals surface area contributed by atoms with E-state index in [1.165, 1.54) is 5.56 Å². The number of nitriles is 1. The maximum atomic E-state index is 8.80. The van der Waals surface area contributed by atoms with Gasteiger partial charge in [-0.15, -0.1) is 12.4 Å². The summed E-state index contributed by atoms with van der Waals surface area (Å²) in [6, 6.07) is 10.3. The van der Waals surface area contributed by atoms with Crippen molar-refractivity contribution in [3.05, 3.63) is 35.4 Å². The lowest BCUT2D eigenvalue weighted by Gasteiger charge is -2.38. The summed E-state index contributed by atoms with van der Waals surface area (Å²) in [7, 11) is 1.77. The van der Waals surface area contributed by atoms with Crippen molar-refractivity contribution in [3.63, 3.8) is 0 Å². The highest BCUT2D eigenvalue weighted by Crippen LogP contribution is 2.21. The quantitative estimate of drug-likeness (QED) is 0.922. The third-order valence-corrected chi connectivity index (χ3v) is 3.86. The zero-order chi connectivity index (χ0) is 13.7. The maximum Gasteiger partial charge on any atom is 0.0991 e. The van der Waals surface area contributed by atoms with Gasteiger partial charge in [0.2, 0.25) is 0 Å². The van der Waals surface area contributed by atoms with Gasteiger partial charge in [-0.2, -0.15) is 5.26 Å². The molecule has 0 bridgehead atoms. The van der Waals surface area contributed by atoms with Gasteiger partial charge in [-0.3, -0.25) is 4.90 Å². The third kappa shape index (κ3) is 4.19. The molecule has 20 heavy (non-hydrogen) atoms. The average Bonchev–Trinajstić information content (AvgIpc) is 2.48. The molecule has 0 spiro atoms. The second-order valence-electron chi connectivity index (χ2n) is 5.05. The summed E-state index contributed by atoms with van der Waals surface area (Å²) in [5.41, 5.74) is 7.81. The molecule has 1 aromatic rings. The number of piperidine rings is 1. The fraction of sp³-hybridized carbons (Fsp3) is 0.533. The third-order valence-electron chi connectivity index (χ3n) is 3.86. The summed E-state index contributed by atoms with van der Waals surface area (Å²) in [6.07, 6.45) is 2.40. The van der Waals surface area contributed by atoms with Crippen molar-refractivity contribution in [2.45, 2.75) is 31.5 Å². The van der Waals surface area contributed by atoms with E-state index >= 15 is 0 Å². The molecular formula is C15H22ClN3O. The van der Waals surface area contributed by atoms with Gasteiger partial charge in [0, 0.05) is 32.8 Å². The highest BCUT2D eigenvalue weighted by molar-refractivity contribution is 5.85. The Bertz CT molecular complexity index is 443. The van der Waals surface area contributed by atoms with Crippen molar-refractivity contribution in [2.24, 2.45) is 5.73 Å². The van der Waals surface area contributed by atoms with E-state index in [2.05, 4.69) is 11.0 Å². The van der Waals surface area contributed by atoms with Gasteiger partial charge in [-0.1, -0.05) is 12.1 Å². The molecule has 2 rings (SSSR count). The fourth-order valence-electron chi connectivity index (χ4n) is 2.65. The van der Waals surface area contributed by atoms with Gasteiger partial charge in [0.05, 0.1) is 17.7 Å². The van der Waals surface area contributed by atoms with E-state index in [0.717, 1.165) is 25.9 Å². The van der Waals surface area contributed by atoms with Crippen LogP contribution in [0.5, 0.6) is 0 Å². The van der Waals surface area contributed by atoms with Crippen molar-refractivity contribution in [1.82, 2.24) is 4.90 Å². The number of methoxy groups -OCH3 is 1. The van der Waals surface area contributed by atoms with Crippen LogP contribution in [0.15, 0.2) is 24.3 Å². The minimum atomic E-state index is 0. The highest BCUT2D eigenvalue weighted by Gasteiger charge is 2.27. The van der Waals surface area contributed by atoms with Gasteiger partial charge in [-0.25, -0.2) is 0 Å². The second-order valence-corrected chi connectivity index (χ2v) is 5.05. The largest absolute Gasteiger partial charge is 0.381 e. The second kappa shape index (κ2) is 8.23. The normalized spacial score (nSPS) is 22.9. The molecule has 1 aliphatic heterocycles. The first-order valence-electron chi connectivity index (χ1n) is 6.72. The summed E-state index contributed by atoms with van der Waals surface area (Å²) >= 11 is 0. The molecular weight excluding hydrogens is 274 g/mol. The van der Waals surface area contributed by atoms with E-state index in [-0.39, 0.29) is 12.4 Å². The molecule has 2 unspecified atom stereocenters. The van der Waals surface area contributed by atoms with Gasteiger partial charge in [0.25, 0.3) is 0 Å². The van der Waals surface area contributed by atoms with Crippen LogP contribution in [-0.2, 0) is 11.3 Å². The van der Waals surface area contributed by atoms with Crippen LogP contribution in [0.3, 0.4) is 0 Å². The Labute approximate surface area is 126 Å². The lowest BCUT2D eigenvalue weighted by atomic mass is 9.98. The molecule has 110 valence electrons. The summed E-state index contributed by atoms with van der Waals surface area (Å²) in [4.78, 5) is 2.41. The lowest BCUT2D eigenvalue weighted by Crippen LogP contribution is -2.47. The van der Waals surface area contributed by atoms with Crippen molar-refractivity contribution in [1.29, 1.82) is 5.26 Å². The van der Waals surface area contributed by atoms with E-state index in [4.69, 9.17) is 15.7 Å². The van der Waals surface area contributed by atoms with E-state index in [1.54, 1.807) is 7.11 Å². The van der Waals surface area contributed by atoms with Crippen molar-refractivity contribution in [3.8, 4) is 6.07 Å². The zero-order valence-electron chi connectivity index (χ0n) is 11.8. The first-order chi connectivity index (χ1) is 9.26. The van der Waals surface area contributed by atoms with Crippen molar-refractivity contribution >= 4 is 12.4 Å². The van der Waals surface area contributed by atoms with Crippen LogP contribution in [0.1, 0.15) is 24.0 Å². The van der Waals surface area contributed by atoms with Crippen LogP contribution >= 0.6 is 12.4 Å². The number of likely N-dealkylation sites (tertiary alicyclic amines) is 1. The number of ether oxygens (including phenoxy) is 1. The molecule has 0 aromatic heterocycles. The van der Waals surface area contributed by atoms with Crippen LogP contribution in [0.25, 0.3) is 0 Å². The molecule has 0 amide bonds. The highest BCUT2D eigenvalue weighted by atomic mass is 35.5. The Morgan fingerprint density at radius 2 is 2.10 bits per heavy atom. The minimum Gasteiger partial charge on any atom is -0.381 e. The van der Waals surface area contributed by atoms with E-state index in [0.29, 0.717) is 24.3 Å². The van der Waals surface area contributed by atoms with E-state index < -0.39 is 0 Å². The van der Waals surface area contributed by atoms with Crippen LogP contribution in [0, 0.1) is 11.3 Å². The summed E-state index contributed by atoms with van der Waals surface area (Å²) in [6.45, 7) is 2.57. The molecule has 1 aromatic carbocycles. The summed E-state index contributed by atoms with van der Waals surface area (Å²) in [5.74, 6) is 0. The van der Waals surface area contributed by atoms with Gasteiger partial charge in [0.15, 0.2) is 0 Å².